The standard InChI is InChI=1S/C24H33N5O4/c1-16(2)12-19(23(31)33-4)27-24(32)29-11-10-28(14-20-17(3)25-15-26-20)22(30)21(29)13-18-8-6-5-7-9-18/h5-9,15-16,19,21H,10-14H2,1-4H3,(H,25,26)(H,27,32)/t19-,21?/m0/s1. The van der Waals surface area contributed by atoms with Gasteiger partial charge in [0.05, 0.1) is 25.7 Å². The Balaban J connectivity index is 1.81. The highest BCUT2D eigenvalue weighted by atomic mass is 16.5. The maximum atomic E-state index is 13.5. The highest BCUT2D eigenvalue weighted by Gasteiger charge is 2.39. The second-order valence-corrected chi connectivity index (χ2v) is 8.79. The normalized spacial score (nSPS) is 17.2. The van der Waals surface area contributed by atoms with E-state index in [4.69, 9.17) is 4.74 Å². The van der Waals surface area contributed by atoms with Crippen LogP contribution in [0.15, 0.2) is 36.7 Å². The number of methoxy groups -OCH3 is 1. The molecule has 2 heterocycles. The van der Waals surface area contributed by atoms with Crippen LogP contribution in [0.4, 0.5) is 4.79 Å². The Labute approximate surface area is 194 Å². The first-order valence-electron chi connectivity index (χ1n) is 11.3. The molecular formula is C24H33N5O4. The predicted molar refractivity (Wildman–Crippen MR) is 123 cm³/mol. The Morgan fingerprint density at radius 2 is 1.97 bits per heavy atom. The molecule has 3 amide bonds. The fourth-order valence-corrected chi connectivity index (χ4v) is 4.06. The van der Waals surface area contributed by atoms with Gasteiger partial charge in [0, 0.05) is 25.2 Å². The molecule has 2 atom stereocenters. The number of carbonyl (C=O) groups excluding carboxylic acids is 3. The molecule has 2 aromatic rings. The minimum Gasteiger partial charge on any atom is -0.467 e. The monoisotopic (exact) mass is 455 g/mol. The SMILES string of the molecule is COC(=O)[C@H](CC(C)C)NC(=O)N1CCN(Cc2nc[nH]c2C)C(=O)C1Cc1ccccc1. The van der Waals surface area contributed by atoms with Gasteiger partial charge in [0.1, 0.15) is 12.1 Å². The number of imidazole rings is 1. The lowest BCUT2D eigenvalue weighted by Gasteiger charge is -2.41. The Morgan fingerprint density at radius 1 is 1.24 bits per heavy atom. The second kappa shape index (κ2) is 11.0. The fourth-order valence-electron chi connectivity index (χ4n) is 4.06. The van der Waals surface area contributed by atoms with E-state index in [2.05, 4.69) is 15.3 Å². The summed E-state index contributed by atoms with van der Waals surface area (Å²) in [5, 5.41) is 2.80. The molecule has 3 rings (SSSR count). The van der Waals surface area contributed by atoms with Crippen LogP contribution >= 0.6 is 0 Å². The van der Waals surface area contributed by atoms with Crippen LogP contribution in [0.3, 0.4) is 0 Å². The van der Waals surface area contributed by atoms with Crippen molar-refractivity contribution in [1.29, 1.82) is 0 Å². The van der Waals surface area contributed by atoms with Crippen LogP contribution in [0.25, 0.3) is 0 Å². The molecule has 2 N–H and O–H groups in total. The number of amides is 3. The van der Waals surface area contributed by atoms with E-state index in [9.17, 15) is 14.4 Å². The van der Waals surface area contributed by atoms with Gasteiger partial charge in [0.2, 0.25) is 5.91 Å². The van der Waals surface area contributed by atoms with Crippen molar-refractivity contribution in [3.63, 3.8) is 0 Å². The van der Waals surface area contributed by atoms with Gasteiger partial charge in [-0.25, -0.2) is 14.6 Å². The maximum Gasteiger partial charge on any atom is 0.328 e. The first-order valence-corrected chi connectivity index (χ1v) is 11.3. The first-order chi connectivity index (χ1) is 15.8. The average molecular weight is 456 g/mol. The molecule has 1 aliphatic heterocycles. The zero-order valence-corrected chi connectivity index (χ0v) is 19.7. The number of nitrogens with one attached hydrogen (secondary N) is 2. The number of hydrogen-bond acceptors (Lipinski definition) is 5. The van der Waals surface area contributed by atoms with Crippen LogP contribution in [-0.2, 0) is 27.3 Å². The third kappa shape index (κ3) is 6.12. The Bertz CT molecular complexity index is 959. The molecule has 1 aliphatic rings. The molecule has 1 aromatic carbocycles. The van der Waals surface area contributed by atoms with Crippen LogP contribution in [0.1, 0.15) is 37.2 Å². The lowest BCUT2D eigenvalue weighted by atomic mass is 10.0. The van der Waals surface area contributed by atoms with Gasteiger partial charge in [-0.1, -0.05) is 44.2 Å². The number of H-pyrrole nitrogens is 1. The molecule has 1 unspecified atom stereocenters. The van der Waals surface area contributed by atoms with Crippen molar-refractivity contribution in [2.45, 2.75) is 52.2 Å². The lowest BCUT2D eigenvalue weighted by Crippen LogP contribution is -2.62. The number of nitrogens with zero attached hydrogens (tertiary/aromatic N) is 3. The van der Waals surface area contributed by atoms with Gasteiger partial charge in [-0.3, -0.25) is 4.79 Å². The van der Waals surface area contributed by atoms with Crippen molar-refractivity contribution in [3.05, 3.63) is 53.6 Å². The van der Waals surface area contributed by atoms with E-state index >= 15 is 0 Å². The molecule has 0 radical (unpaired) electrons. The number of ether oxygens (including phenoxy) is 1. The first kappa shape index (κ1) is 24.3. The van der Waals surface area contributed by atoms with Crippen molar-refractivity contribution in [2.24, 2.45) is 5.92 Å². The molecule has 0 saturated carbocycles. The number of benzene rings is 1. The molecule has 1 fully saturated rings. The summed E-state index contributed by atoms with van der Waals surface area (Å²) in [6.07, 6.45) is 2.45. The predicted octanol–water partition coefficient (Wildman–Crippen LogP) is 2.27. The quantitative estimate of drug-likeness (QED) is 0.594. The lowest BCUT2D eigenvalue weighted by molar-refractivity contribution is -0.143. The zero-order chi connectivity index (χ0) is 24.0. The summed E-state index contributed by atoms with van der Waals surface area (Å²) in [6.45, 7) is 6.98. The van der Waals surface area contributed by atoms with Crippen molar-refractivity contribution in [2.75, 3.05) is 20.2 Å². The molecule has 9 nitrogen and oxygen atoms in total. The summed E-state index contributed by atoms with van der Waals surface area (Å²) in [7, 11) is 1.30. The number of aryl methyl sites for hydroxylation is 1. The molecule has 1 aromatic heterocycles. The minimum atomic E-state index is -0.764. The molecule has 178 valence electrons. The van der Waals surface area contributed by atoms with Crippen molar-refractivity contribution in [1.82, 2.24) is 25.1 Å². The summed E-state index contributed by atoms with van der Waals surface area (Å²) >= 11 is 0. The molecular weight excluding hydrogens is 422 g/mol. The fraction of sp³-hybridized carbons (Fsp3) is 0.500. The van der Waals surface area contributed by atoms with Crippen molar-refractivity contribution < 1.29 is 19.1 Å². The molecule has 0 bridgehead atoms. The van der Waals surface area contributed by atoms with Gasteiger partial charge in [-0.05, 0) is 24.8 Å². The van der Waals surface area contributed by atoms with Gasteiger partial charge < -0.3 is 24.8 Å². The average Bonchev–Trinajstić information content (AvgIpc) is 3.20. The number of esters is 1. The van der Waals surface area contributed by atoms with Gasteiger partial charge in [0.25, 0.3) is 0 Å². The van der Waals surface area contributed by atoms with Crippen LogP contribution in [0.5, 0.6) is 0 Å². The number of carbonyl (C=O) groups is 3. The number of aromatic amines is 1. The topological polar surface area (TPSA) is 108 Å². The number of hydrogen-bond donors (Lipinski definition) is 2. The number of piperazine rings is 1. The summed E-state index contributed by atoms with van der Waals surface area (Å²) in [6, 6.07) is 7.73. The molecule has 1 saturated heterocycles. The van der Waals surface area contributed by atoms with E-state index < -0.39 is 24.1 Å². The Hall–Kier alpha value is -3.36. The number of aromatic nitrogens is 2. The van der Waals surface area contributed by atoms with Gasteiger partial charge in [-0.15, -0.1) is 0 Å². The van der Waals surface area contributed by atoms with E-state index in [-0.39, 0.29) is 11.8 Å². The molecule has 9 heteroatoms. The van der Waals surface area contributed by atoms with Crippen LogP contribution in [0.2, 0.25) is 0 Å². The second-order valence-electron chi connectivity index (χ2n) is 8.79. The number of rotatable bonds is 8. The molecule has 0 aliphatic carbocycles. The van der Waals surface area contributed by atoms with Crippen molar-refractivity contribution >= 4 is 17.9 Å². The summed E-state index contributed by atoms with van der Waals surface area (Å²) in [4.78, 5) is 49.6. The molecule has 33 heavy (non-hydrogen) atoms. The van der Waals surface area contributed by atoms with E-state index in [1.807, 2.05) is 51.1 Å². The smallest absolute Gasteiger partial charge is 0.328 e. The molecule has 0 spiro atoms. The Morgan fingerprint density at radius 3 is 2.58 bits per heavy atom. The summed E-state index contributed by atoms with van der Waals surface area (Å²) in [5.41, 5.74) is 2.68. The Kier molecular flexibility index (Phi) is 8.08. The summed E-state index contributed by atoms with van der Waals surface area (Å²) < 4.78 is 4.87. The third-order valence-corrected chi connectivity index (χ3v) is 5.88. The van der Waals surface area contributed by atoms with Gasteiger partial charge >= 0.3 is 12.0 Å². The van der Waals surface area contributed by atoms with Crippen LogP contribution in [-0.4, -0.2) is 70.0 Å². The largest absolute Gasteiger partial charge is 0.467 e. The van der Waals surface area contributed by atoms with Crippen LogP contribution < -0.4 is 5.32 Å². The third-order valence-electron chi connectivity index (χ3n) is 5.88. The van der Waals surface area contributed by atoms with Crippen molar-refractivity contribution in [3.8, 4) is 0 Å². The number of urea groups is 1. The van der Waals surface area contributed by atoms with Gasteiger partial charge in [0.15, 0.2) is 0 Å². The maximum absolute atomic E-state index is 13.5. The highest BCUT2D eigenvalue weighted by Crippen LogP contribution is 2.20. The minimum absolute atomic E-state index is 0.138. The van der Waals surface area contributed by atoms with E-state index in [1.165, 1.54) is 7.11 Å². The van der Waals surface area contributed by atoms with Crippen LogP contribution in [0, 0.1) is 12.8 Å². The van der Waals surface area contributed by atoms with E-state index in [0.717, 1.165) is 17.0 Å². The zero-order valence-electron chi connectivity index (χ0n) is 19.7. The summed E-state index contributed by atoms with van der Waals surface area (Å²) in [5.74, 6) is -0.443. The van der Waals surface area contributed by atoms with E-state index in [1.54, 1.807) is 16.1 Å². The van der Waals surface area contributed by atoms with Gasteiger partial charge in [-0.2, -0.15) is 0 Å². The van der Waals surface area contributed by atoms with E-state index in [0.29, 0.717) is 32.5 Å². The highest BCUT2D eigenvalue weighted by molar-refractivity contribution is 5.90.